The molecule has 0 spiro atoms. The molecule has 1 aliphatic rings. The minimum Gasteiger partial charge on any atom is -0.379 e. The Bertz CT molecular complexity index is 652. The first-order chi connectivity index (χ1) is 9.60. The van der Waals surface area contributed by atoms with Crippen molar-refractivity contribution >= 4 is 17.2 Å². The van der Waals surface area contributed by atoms with Gasteiger partial charge in [0.2, 0.25) is 0 Å². The summed E-state index contributed by atoms with van der Waals surface area (Å²) >= 11 is 0. The molecule has 1 aromatic carbocycles. The fourth-order valence-corrected chi connectivity index (χ4v) is 2.77. The predicted molar refractivity (Wildman–Crippen MR) is 73.3 cm³/mol. The summed E-state index contributed by atoms with van der Waals surface area (Å²) in [4.78, 5) is 10.9. The van der Waals surface area contributed by atoms with E-state index in [2.05, 4.69) is 10.4 Å². The van der Waals surface area contributed by atoms with E-state index in [1.807, 2.05) is 13.0 Å². The van der Waals surface area contributed by atoms with Gasteiger partial charge >= 0.3 is 0 Å². The van der Waals surface area contributed by atoms with Gasteiger partial charge in [0, 0.05) is 10.9 Å². The molecule has 3 N–H and O–H groups in total. The molecule has 3 unspecified atom stereocenters. The van der Waals surface area contributed by atoms with Gasteiger partial charge < -0.3 is 10.2 Å². The van der Waals surface area contributed by atoms with Crippen molar-refractivity contribution in [2.75, 3.05) is 0 Å². The highest BCUT2D eigenvalue weighted by atomic mass is 16.3. The standard InChI is InChI=1S/C14H17N3O3/c1-8-10-6-9(7-18)2-3-11(10)17(16-8)12-4-5-13(19)15-14(12)20/h2-3,6-7,12-15,19-20H,4-5H2,1H3. The molecule has 1 saturated heterocycles. The maximum Gasteiger partial charge on any atom is 0.150 e. The van der Waals surface area contributed by atoms with E-state index in [1.165, 1.54) is 0 Å². The Labute approximate surface area is 116 Å². The zero-order valence-corrected chi connectivity index (χ0v) is 11.2. The maximum atomic E-state index is 10.9. The Morgan fingerprint density at radius 2 is 2.20 bits per heavy atom. The lowest BCUT2D eigenvalue weighted by atomic mass is 10.0. The molecule has 0 saturated carbocycles. The molecule has 20 heavy (non-hydrogen) atoms. The summed E-state index contributed by atoms with van der Waals surface area (Å²) in [6, 6.07) is 5.16. The van der Waals surface area contributed by atoms with Gasteiger partial charge in [-0.3, -0.25) is 14.8 Å². The van der Waals surface area contributed by atoms with Crippen LogP contribution < -0.4 is 5.32 Å². The van der Waals surface area contributed by atoms with Crippen molar-refractivity contribution in [1.82, 2.24) is 15.1 Å². The van der Waals surface area contributed by atoms with Crippen LogP contribution in [0.25, 0.3) is 10.9 Å². The van der Waals surface area contributed by atoms with Gasteiger partial charge in [0.15, 0.2) is 0 Å². The molecule has 6 nitrogen and oxygen atoms in total. The summed E-state index contributed by atoms with van der Waals surface area (Å²) in [5, 5.41) is 27.7. The molecule has 3 rings (SSSR count). The average Bonchev–Trinajstić information content (AvgIpc) is 2.75. The van der Waals surface area contributed by atoms with Gasteiger partial charge in [-0.1, -0.05) is 0 Å². The first kappa shape index (κ1) is 13.2. The molecule has 0 aliphatic carbocycles. The number of nitrogens with zero attached hydrogens (tertiary/aromatic N) is 2. The summed E-state index contributed by atoms with van der Waals surface area (Å²) in [5.74, 6) is 0. The minimum absolute atomic E-state index is 0.225. The SMILES string of the molecule is Cc1nn(C2CCC(O)NC2O)c2ccc(C=O)cc12. The number of carbonyl (C=O) groups excluding carboxylic acids is 1. The molecule has 0 bridgehead atoms. The third-order valence-electron chi connectivity index (χ3n) is 3.83. The first-order valence-electron chi connectivity index (χ1n) is 6.66. The van der Waals surface area contributed by atoms with Crippen LogP contribution in [0.5, 0.6) is 0 Å². The Balaban J connectivity index is 2.06. The molecular weight excluding hydrogens is 258 g/mol. The molecule has 0 amide bonds. The Morgan fingerprint density at radius 3 is 2.90 bits per heavy atom. The molecule has 6 heteroatoms. The van der Waals surface area contributed by atoms with E-state index in [1.54, 1.807) is 16.8 Å². The number of aliphatic hydroxyl groups is 2. The first-order valence-corrected chi connectivity index (χ1v) is 6.66. The number of rotatable bonds is 2. The number of fused-ring (bicyclic) bond motifs is 1. The maximum absolute atomic E-state index is 10.9. The molecule has 2 heterocycles. The van der Waals surface area contributed by atoms with Crippen LogP contribution in [0, 0.1) is 6.92 Å². The van der Waals surface area contributed by atoms with Crippen molar-refractivity contribution in [3.8, 4) is 0 Å². The number of aliphatic hydroxyl groups excluding tert-OH is 2. The van der Waals surface area contributed by atoms with Gasteiger partial charge in [-0.25, -0.2) is 0 Å². The van der Waals surface area contributed by atoms with Crippen LogP contribution in [0.2, 0.25) is 0 Å². The van der Waals surface area contributed by atoms with Crippen molar-refractivity contribution in [2.45, 2.75) is 38.3 Å². The molecular formula is C14H17N3O3. The number of aromatic nitrogens is 2. The van der Waals surface area contributed by atoms with Crippen molar-refractivity contribution in [1.29, 1.82) is 0 Å². The lowest BCUT2D eigenvalue weighted by molar-refractivity contribution is -0.0297. The van der Waals surface area contributed by atoms with Crippen LogP contribution in [0.4, 0.5) is 0 Å². The highest BCUT2D eigenvalue weighted by Gasteiger charge is 2.30. The van der Waals surface area contributed by atoms with Crippen molar-refractivity contribution in [2.24, 2.45) is 0 Å². The zero-order chi connectivity index (χ0) is 14.3. The normalized spacial score (nSPS) is 26.9. The summed E-state index contributed by atoms with van der Waals surface area (Å²) < 4.78 is 1.78. The van der Waals surface area contributed by atoms with Crippen molar-refractivity contribution in [3.63, 3.8) is 0 Å². The topological polar surface area (TPSA) is 87.4 Å². The Hall–Kier alpha value is -1.76. The number of hydrogen-bond acceptors (Lipinski definition) is 5. The van der Waals surface area contributed by atoms with Crippen LogP contribution in [-0.2, 0) is 0 Å². The number of aryl methyl sites for hydroxylation is 1. The van der Waals surface area contributed by atoms with E-state index in [0.717, 1.165) is 22.9 Å². The van der Waals surface area contributed by atoms with E-state index in [-0.39, 0.29) is 6.04 Å². The third-order valence-corrected chi connectivity index (χ3v) is 3.83. The van der Waals surface area contributed by atoms with E-state index >= 15 is 0 Å². The fourth-order valence-electron chi connectivity index (χ4n) is 2.77. The zero-order valence-electron chi connectivity index (χ0n) is 11.2. The Morgan fingerprint density at radius 1 is 1.40 bits per heavy atom. The van der Waals surface area contributed by atoms with Crippen LogP contribution in [-0.4, -0.2) is 38.7 Å². The van der Waals surface area contributed by atoms with E-state index < -0.39 is 12.5 Å². The number of piperidine rings is 1. The molecule has 0 radical (unpaired) electrons. The van der Waals surface area contributed by atoms with E-state index in [0.29, 0.717) is 18.4 Å². The predicted octanol–water partition coefficient (Wildman–Crippen LogP) is 0.719. The summed E-state index contributed by atoms with van der Waals surface area (Å²) in [5.41, 5.74) is 2.32. The number of hydrogen-bond donors (Lipinski definition) is 3. The van der Waals surface area contributed by atoms with Gasteiger partial charge in [-0.2, -0.15) is 5.10 Å². The summed E-state index contributed by atoms with van der Waals surface area (Å²) in [6.07, 6.45) is 0.497. The van der Waals surface area contributed by atoms with Gasteiger partial charge in [-0.15, -0.1) is 0 Å². The van der Waals surface area contributed by atoms with Gasteiger partial charge in [0.1, 0.15) is 18.7 Å². The molecule has 3 atom stereocenters. The van der Waals surface area contributed by atoms with E-state index in [4.69, 9.17) is 0 Å². The summed E-state index contributed by atoms with van der Waals surface area (Å²) in [7, 11) is 0. The lowest BCUT2D eigenvalue weighted by Crippen LogP contribution is -2.48. The average molecular weight is 275 g/mol. The van der Waals surface area contributed by atoms with E-state index in [9.17, 15) is 15.0 Å². The van der Waals surface area contributed by atoms with Crippen molar-refractivity contribution < 1.29 is 15.0 Å². The van der Waals surface area contributed by atoms with Crippen LogP contribution in [0.3, 0.4) is 0 Å². The third kappa shape index (κ3) is 2.11. The van der Waals surface area contributed by atoms with Gasteiger partial charge in [0.05, 0.1) is 17.3 Å². The lowest BCUT2D eigenvalue weighted by Gasteiger charge is -2.32. The van der Waals surface area contributed by atoms with Gasteiger partial charge in [-0.05, 0) is 38.0 Å². The molecule has 1 fully saturated rings. The van der Waals surface area contributed by atoms with Crippen LogP contribution >= 0.6 is 0 Å². The molecule has 1 aromatic heterocycles. The number of aldehydes is 1. The molecule has 106 valence electrons. The highest BCUT2D eigenvalue weighted by Crippen LogP contribution is 2.28. The van der Waals surface area contributed by atoms with Crippen LogP contribution in [0.15, 0.2) is 18.2 Å². The van der Waals surface area contributed by atoms with Crippen molar-refractivity contribution in [3.05, 3.63) is 29.5 Å². The number of benzene rings is 1. The number of carbonyl (C=O) groups is 1. The second-order valence-electron chi connectivity index (χ2n) is 5.20. The highest BCUT2D eigenvalue weighted by molar-refractivity contribution is 5.88. The monoisotopic (exact) mass is 275 g/mol. The molecule has 1 aliphatic heterocycles. The quantitative estimate of drug-likeness (QED) is 0.703. The smallest absolute Gasteiger partial charge is 0.150 e. The minimum atomic E-state index is -0.841. The Kier molecular flexibility index (Phi) is 3.29. The largest absolute Gasteiger partial charge is 0.379 e. The molecule has 2 aromatic rings. The fraction of sp³-hybridized carbons (Fsp3) is 0.429. The van der Waals surface area contributed by atoms with Crippen LogP contribution in [0.1, 0.15) is 34.9 Å². The number of nitrogens with one attached hydrogen (secondary N) is 1. The summed E-state index contributed by atoms with van der Waals surface area (Å²) in [6.45, 7) is 1.88. The second kappa shape index (κ2) is 4.97. The van der Waals surface area contributed by atoms with Gasteiger partial charge in [0.25, 0.3) is 0 Å². The second-order valence-corrected chi connectivity index (χ2v) is 5.20.